The molecule has 0 fully saturated rings. The van der Waals surface area contributed by atoms with Crippen LogP contribution in [0.15, 0.2) is 48.5 Å². The maximum atomic E-state index is 11.7. The number of rotatable bonds is 2. The molecule has 0 heterocycles. The summed E-state index contributed by atoms with van der Waals surface area (Å²) in [5, 5.41) is 0. The minimum atomic E-state index is -0.734. The molecule has 3 nitrogen and oxygen atoms in total. The van der Waals surface area contributed by atoms with Crippen molar-refractivity contribution in [1.29, 1.82) is 0 Å². The lowest BCUT2D eigenvalue weighted by Gasteiger charge is -2.18. The first-order valence-electron chi connectivity index (χ1n) is 6.91. The first kappa shape index (κ1) is 15.1. The summed E-state index contributed by atoms with van der Waals surface area (Å²) >= 11 is 0. The lowest BCUT2D eigenvalue weighted by Crippen LogP contribution is -2.14. The maximum absolute atomic E-state index is 11.7. The van der Waals surface area contributed by atoms with Gasteiger partial charge in [0.05, 0.1) is 0 Å². The van der Waals surface area contributed by atoms with Crippen molar-refractivity contribution in [2.45, 2.75) is 33.1 Å². The van der Waals surface area contributed by atoms with Crippen molar-refractivity contribution in [2.24, 2.45) is 0 Å². The topological polar surface area (TPSA) is 35.5 Å². The molecule has 110 valence electrons. The molecule has 0 amide bonds. The minimum absolute atomic E-state index is 0.0704. The fourth-order valence-corrected chi connectivity index (χ4v) is 1.84. The predicted octanol–water partition coefficient (Wildman–Crippen LogP) is 4.87. The highest BCUT2D eigenvalue weighted by atomic mass is 16.7. The summed E-state index contributed by atoms with van der Waals surface area (Å²) in [6, 6.07) is 14.7. The third-order valence-electron chi connectivity index (χ3n) is 3.14. The zero-order chi connectivity index (χ0) is 15.5. The van der Waals surface area contributed by atoms with Gasteiger partial charge in [-0.15, -0.1) is 0 Å². The zero-order valence-corrected chi connectivity index (χ0v) is 12.8. The molecule has 0 atom stereocenters. The Hall–Kier alpha value is -2.29. The van der Waals surface area contributed by atoms with Crippen molar-refractivity contribution in [3.8, 4) is 11.5 Å². The van der Waals surface area contributed by atoms with Crippen molar-refractivity contribution >= 4 is 6.16 Å². The molecule has 2 aromatic carbocycles. The molecule has 0 N–H and O–H groups in total. The van der Waals surface area contributed by atoms with E-state index in [1.807, 2.05) is 31.2 Å². The predicted molar refractivity (Wildman–Crippen MR) is 83.0 cm³/mol. The standard InChI is InChI=1S/C18H20O3/c1-13-5-9-15(10-6-13)20-17(19)21-16-11-7-14(8-12-16)18(2,3)4/h5-12H,1-4H3. The van der Waals surface area contributed by atoms with Crippen LogP contribution >= 0.6 is 0 Å². The molecule has 0 radical (unpaired) electrons. The Labute approximate surface area is 125 Å². The Kier molecular flexibility index (Phi) is 4.32. The smallest absolute Gasteiger partial charge is 0.395 e. The lowest BCUT2D eigenvalue weighted by molar-refractivity contribution is 0.152. The highest BCUT2D eigenvalue weighted by Crippen LogP contribution is 2.24. The molecular formula is C18H20O3. The molecule has 0 bridgehead atoms. The van der Waals surface area contributed by atoms with Gasteiger partial charge >= 0.3 is 6.16 Å². The Balaban J connectivity index is 1.98. The van der Waals surface area contributed by atoms with Crippen LogP contribution in [0.4, 0.5) is 4.79 Å². The second-order valence-corrected chi connectivity index (χ2v) is 6.04. The van der Waals surface area contributed by atoms with E-state index in [1.165, 1.54) is 5.56 Å². The molecular weight excluding hydrogens is 264 g/mol. The lowest BCUT2D eigenvalue weighted by atomic mass is 9.87. The number of carbonyl (C=O) groups is 1. The molecule has 0 aromatic heterocycles. The van der Waals surface area contributed by atoms with Gasteiger partial charge in [0.25, 0.3) is 0 Å². The Morgan fingerprint density at radius 1 is 0.810 bits per heavy atom. The van der Waals surface area contributed by atoms with Gasteiger partial charge in [0.2, 0.25) is 0 Å². The Bertz CT molecular complexity index is 604. The van der Waals surface area contributed by atoms with Crippen LogP contribution in [-0.4, -0.2) is 6.16 Å². The van der Waals surface area contributed by atoms with Gasteiger partial charge in [-0.25, -0.2) is 4.79 Å². The summed E-state index contributed by atoms with van der Waals surface area (Å²) in [6.45, 7) is 8.37. The third-order valence-corrected chi connectivity index (χ3v) is 3.14. The van der Waals surface area contributed by atoms with E-state index in [2.05, 4.69) is 20.8 Å². The van der Waals surface area contributed by atoms with E-state index in [0.717, 1.165) is 5.56 Å². The summed E-state index contributed by atoms with van der Waals surface area (Å²) in [5.74, 6) is 0.942. The molecule has 21 heavy (non-hydrogen) atoms. The summed E-state index contributed by atoms with van der Waals surface area (Å²) < 4.78 is 10.3. The molecule has 2 rings (SSSR count). The number of aryl methyl sites for hydroxylation is 1. The average molecular weight is 284 g/mol. The highest BCUT2D eigenvalue weighted by molar-refractivity contribution is 5.67. The third kappa shape index (κ3) is 4.35. The van der Waals surface area contributed by atoms with E-state index in [-0.39, 0.29) is 5.41 Å². The summed E-state index contributed by atoms with van der Waals surface area (Å²) in [6.07, 6.45) is -0.734. The van der Waals surface area contributed by atoms with Gasteiger partial charge in [-0.2, -0.15) is 0 Å². The van der Waals surface area contributed by atoms with Gasteiger partial charge in [-0.05, 0) is 42.2 Å². The molecule has 0 saturated carbocycles. The minimum Gasteiger partial charge on any atom is -0.395 e. The molecule has 0 unspecified atom stereocenters. The fourth-order valence-electron chi connectivity index (χ4n) is 1.84. The molecule has 0 aliphatic heterocycles. The van der Waals surface area contributed by atoms with Crippen LogP contribution in [0.5, 0.6) is 11.5 Å². The van der Waals surface area contributed by atoms with Crippen molar-refractivity contribution in [1.82, 2.24) is 0 Å². The number of hydrogen-bond acceptors (Lipinski definition) is 3. The monoisotopic (exact) mass is 284 g/mol. The van der Waals surface area contributed by atoms with E-state index in [0.29, 0.717) is 11.5 Å². The van der Waals surface area contributed by atoms with Gasteiger partial charge in [-0.1, -0.05) is 50.6 Å². The van der Waals surface area contributed by atoms with Gasteiger partial charge in [0, 0.05) is 0 Å². The van der Waals surface area contributed by atoms with Crippen LogP contribution in [0.25, 0.3) is 0 Å². The quantitative estimate of drug-likeness (QED) is 0.583. The number of carbonyl (C=O) groups excluding carboxylic acids is 1. The maximum Gasteiger partial charge on any atom is 0.519 e. The van der Waals surface area contributed by atoms with Crippen LogP contribution in [-0.2, 0) is 5.41 Å². The molecule has 0 aliphatic carbocycles. The zero-order valence-electron chi connectivity index (χ0n) is 12.8. The van der Waals surface area contributed by atoms with Crippen molar-refractivity contribution < 1.29 is 14.3 Å². The van der Waals surface area contributed by atoms with Gasteiger partial charge in [0.15, 0.2) is 0 Å². The molecule has 3 heteroatoms. The summed E-state index contributed by atoms with van der Waals surface area (Å²) in [7, 11) is 0. The largest absolute Gasteiger partial charge is 0.519 e. The second kappa shape index (κ2) is 6.00. The first-order valence-corrected chi connectivity index (χ1v) is 6.91. The van der Waals surface area contributed by atoms with E-state index in [9.17, 15) is 4.79 Å². The normalized spacial score (nSPS) is 11.0. The van der Waals surface area contributed by atoms with E-state index in [4.69, 9.17) is 9.47 Å². The second-order valence-electron chi connectivity index (χ2n) is 6.04. The average Bonchev–Trinajstić information content (AvgIpc) is 2.41. The van der Waals surface area contributed by atoms with E-state index >= 15 is 0 Å². The van der Waals surface area contributed by atoms with Crippen LogP contribution in [0.3, 0.4) is 0 Å². The van der Waals surface area contributed by atoms with Gasteiger partial charge < -0.3 is 9.47 Å². The van der Waals surface area contributed by atoms with E-state index < -0.39 is 6.16 Å². The Morgan fingerprint density at radius 2 is 1.24 bits per heavy atom. The number of hydrogen-bond donors (Lipinski definition) is 0. The Morgan fingerprint density at radius 3 is 1.67 bits per heavy atom. The SMILES string of the molecule is Cc1ccc(OC(=O)Oc2ccc(C(C)(C)C)cc2)cc1. The van der Waals surface area contributed by atoms with Crippen LogP contribution < -0.4 is 9.47 Å². The van der Waals surface area contributed by atoms with Crippen LogP contribution in [0.1, 0.15) is 31.9 Å². The summed E-state index contributed by atoms with van der Waals surface area (Å²) in [4.78, 5) is 11.7. The fraction of sp³-hybridized carbons (Fsp3) is 0.278. The van der Waals surface area contributed by atoms with Crippen molar-refractivity contribution in [2.75, 3.05) is 0 Å². The van der Waals surface area contributed by atoms with Gasteiger partial charge in [-0.3, -0.25) is 0 Å². The molecule has 0 aliphatic rings. The number of ether oxygens (including phenoxy) is 2. The first-order chi connectivity index (χ1) is 9.84. The van der Waals surface area contributed by atoms with Crippen molar-refractivity contribution in [3.63, 3.8) is 0 Å². The highest BCUT2D eigenvalue weighted by Gasteiger charge is 2.14. The van der Waals surface area contributed by atoms with Gasteiger partial charge in [0.1, 0.15) is 11.5 Å². The molecule has 0 spiro atoms. The molecule has 0 saturated heterocycles. The molecule has 2 aromatic rings. The van der Waals surface area contributed by atoms with Crippen molar-refractivity contribution in [3.05, 3.63) is 59.7 Å². The summed E-state index contributed by atoms with van der Waals surface area (Å²) in [5.41, 5.74) is 2.36. The van der Waals surface area contributed by atoms with Crippen LogP contribution in [0, 0.1) is 6.92 Å². The number of benzene rings is 2. The van der Waals surface area contributed by atoms with E-state index in [1.54, 1.807) is 24.3 Å². The van der Waals surface area contributed by atoms with Crippen LogP contribution in [0.2, 0.25) is 0 Å².